The van der Waals surface area contributed by atoms with Crippen molar-refractivity contribution in [1.82, 2.24) is 14.9 Å². The number of hydrogen-bond acceptors (Lipinski definition) is 8. The minimum absolute atomic E-state index is 0.119. The molecular weight excluding hydrogens is 380 g/mol. The highest BCUT2D eigenvalue weighted by Crippen LogP contribution is 2.25. The van der Waals surface area contributed by atoms with Gasteiger partial charge in [0, 0.05) is 39.9 Å². The van der Waals surface area contributed by atoms with Gasteiger partial charge in [-0.3, -0.25) is 4.79 Å². The van der Waals surface area contributed by atoms with Gasteiger partial charge >= 0.3 is 0 Å². The number of nitrogens with zero attached hydrogens (tertiary/aromatic N) is 4. The van der Waals surface area contributed by atoms with E-state index in [-0.39, 0.29) is 5.91 Å². The Balaban J connectivity index is 1.70. The molecule has 0 unspecified atom stereocenters. The van der Waals surface area contributed by atoms with Crippen LogP contribution in [0.1, 0.15) is 28.9 Å². The molecule has 1 amide bonds. The second kappa shape index (κ2) is 9.90. The topological polar surface area (TPSA) is 80.9 Å². The minimum Gasteiger partial charge on any atom is -0.455 e. The first-order valence-corrected chi connectivity index (χ1v) is 10.3. The van der Waals surface area contributed by atoms with Gasteiger partial charge in [-0.25, -0.2) is 9.97 Å². The van der Waals surface area contributed by atoms with Crippen LogP contribution in [0, 0.1) is 0 Å². The van der Waals surface area contributed by atoms with Crippen LogP contribution >= 0.6 is 11.8 Å². The Hall–Kier alpha value is -2.10. The van der Waals surface area contributed by atoms with Crippen molar-refractivity contribution in [3.05, 3.63) is 35.4 Å². The Morgan fingerprint density at radius 3 is 2.82 bits per heavy atom. The van der Waals surface area contributed by atoms with Crippen molar-refractivity contribution in [2.45, 2.75) is 24.4 Å². The number of carbonyl (C=O) groups is 1. The lowest BCUT2D eigenvalue weighted by Crippen LogP contribution is -2.37. The highest BCUT2D eigenvalue weighted by molar-refractivity contribution is 7.98. The van der Waals surface area contributed by atoms with E-state index in [0.717, 1.165) is 24.6 Å². The van der Waals surface area contributed by atoms with Crippen LogP contribution in [0.5, 0.6) is 0 Å². The Kier molecular flexibility index (Phi) is 7.30. The standard InChI is InChI=1S/C19H26N4O4S/c1-4-22(2)18(24)16-6-5-15(27-16)13-28-19-20-14(12-25-3)11-17(21-19)23-7-9-26-10-8-23/h5-6,11H,4,7-10,12-13H2,1-3H3. The molecule has 1 saturated heterocycles. The summed E-state index contributed by atoms with van der Waals surface area (Å²) in [7, 11) is 3.40. The highest BCUT2D eigenvalue weighted by Gasteiger charge is 2.17. The number of anilines is 1. The molecule has 2 aromatic heterocycles. The fraction of sp³-hybridized carbons (Fsp3) is 0.526. The van der Waals surface area contributed by atoms with Gasteiger partial charge in [0.1, 0.15) is 11.6 Å². The van der Waals surface area contributed by atoms with E-state index < -0.39 is 0 Å². The Morgan fingerprint density at radius 2 is 2.11 bits per heavy atom. The summed E-state index contributed by atoms with van der Waals surface area (Å²) in [6.07, 6.45) is 0. The fourth-order valence-corrected chi connectivity index (χ4v) is 3.50. The van der Waals surface area contributed by atoms with Crippen LogP contribution in [0.3, 0.4) is 0 Å². The second-order valence-electron chi connectivity index (χ2n) is 6.41. The van der Waals surface area contributed by atoms with Gasteiger partial charge in [-0.05, 0) is 19.1 Å². The SMILES string of the molecule is CCN(C)C(=O)c1ccc(CSc2nc(COC)cc(N3CCOCC3)n2)o1. The number of aromatic nitrogens is 2. The van der Waals surface area contributed by atoms with Crippen molar-refractivity contribution in [2.24, 2.45) is 0 Å². The smallest absolute Gasteiger partial charge is 0.289 e. The third-order valence-electron chi connectivity index (χ3n) is 4.41. The summed E-state index contributed by atoms with van der Waals surface area (Å²) in [5.41, 5.74) is 0.835. The molecule has 9 heteroatoms. The number of ether oxygens (including phenoxy) is 2. The van der Waals surface area contributed by atoms with Crippen molar-refractivity contribution in [3.8, 4) is 0 Å². The van der Waals surface area contributed by atoms with Crippen molar-refractivity contribution in [2.75, 3.05) is 51.9 Å². The van der Waals surface area contributed by atoms with E-state index in [9.17, 15) is 4.79 Å². The summed E-state index contributed by atoms with van der Waals surface area (Å²) in [5.74, 6) is 2.37. The van der Waals surface area contributed by atoms with Crippen LogP contribution in [0.2, 0.25) is 0 Å². The van der Waals surface area contributed by atoms with Gasteiger partial charge in [0.25, 0.3) is 5.91 Å². The zero-order valence-corrected chi connectivity index (χ0v) is 17.3. The molecule has 0 aromatic carbocycles. The third-order valence-corrected chi connectivity index (χ3v) is 5.28. The van der Waals surface area contributed by atoms with Gasteiger partial charge in [-0.2, -0.15) is 0 Å². The molecule has 1 fully saturated rings. The van der Waals surface area contributed by atoms with Crippen LogP contribution in [-0.4, -0.2) is 67.8 Å². The van der Waals surface area contributed by atoms with Crippen LogP contribution in [0.15, 0.2) is 27.8 Å². The maximum Gasteiger partial charge on any atom is 0.289 e. The van der Waals surface area contributed by atoms with Crippen LogP contribution < -0.4 is 4.90 Å². The number of morpholine rings is 1. The lowest BCUT2D eigenvalue weighted by atomic mass is 10.3. The molecule has 1 aliphatic heterocycles. The van der Waals surface area contributed by atoms with E-state index in [2.05, 4.69) is 14.9 Å². The number of rotatable bonds is 8. The van der Waals surface area contributed by atoms with Crippen LogP contribution in [-0.2, 0) is 21.8 Å². The number of amides is 1. The van der Waals surface area contributed by atoms with Crippen molar-refractivity contribution in [3.63, 3.8) is 0 Å². The zero-order valence-electron chi connectivity index (χ0n) is 16.5. The van der Waals surface area contributed by atoms with E-state index >= 15 is 0 Å². The number of thioether (sulfide) groups is 1. The highest BCUT2D eigenvalue weighted by atomic mass is 32.2. The fourth-order valence-electron chi connectivity index (χ4n) is 2.74. The van der Waals surface area contributed by atoms with Gasteiger partial charge in [-0.1, -0.05) is 11.8 Å². The maximum atomic E-state index is 12.2. The molecule has 3 rings (SSSR count). The molecule has 0 saturated carbocycles. The van der Waals surface area contributed by atoms with Crippen molar-refractivity contribution >= 4 is 23.5 Å². The molecular formula is C19H26N4O4S. The van der Waals surface area contributed by atoms with Crippen LogP contribution in [0.25, 0.3) is 0 Å². The quantitative estimate of drug-likeness (QED) is 0.488. The zero-order chi connectivity index (χ0) is 19.9. The predicted octanol–water partition coefficient (Wildman–Crippen LogP) is 2.44. The molecule has 0 aliphatic carbocycles. The number of methoxy groups -OCH3 is 1. The van der Waals surface area contributed by atoms with Crippen LogP contribution in [0.4, 0.5) is 5.82 Å². The van der Waals surface area contributed by atoms with E-state index in [1.54, 1.807) is 25.1 Å². The summed E-state index contributed by atoms with van der Waals surface area (Å²) in [6, 6.07) is 5.50. The molecule has 0 atom stereocenters. The van der Waals surface area contributed by atoms with Crippen molar-refractivity contribution < 1.29 is 18.7 Å². The molecule has 0 bridgehead atoms. The first-order chi connectivity index (χ1) is 13.6. The largest absolute Gasteiger partial charge is 0.455 e. The Bertz CT molecular complexity index is 792. The Morgan fingerprint density at radius 1 is 1.32 bits per heavy atom. The second-order valence-corrected chi connectivity index (χ2v) is 7.35. The van der Waals surface area contributed by atoms with E-state index in [4.69, 9.17) is 13.9 Å². The summed E-state index contributed by atoms with van der Waals surface area (Å²) >= 11 is 1.48. The van der Waals surface area contributed by atoms with Gasteiger partial charge < -0.3 is 23.7 Å². The predicted molar refractivity (Wildman–Crippen MR) is 107 cm³/mol. The number of hydrogen-bond donors (Lipinski definition) is 0. The van der Waals surface area contributed by atoms with Gasteiger partial charge in [0.15, 0.2) is 10.9 Å². The molecule has 2 aromatic rings. The van der Waals surface area contributed by atoms with Crippen molar-refractivity contribution in [1.29, 1.82) is 0 Å². The summed E-state index contributed by atoms with van der Waals surface area (Å²) in [6.45, 7) is 5.99. The maximum absolute atomic E-state index is 12.2. The molecule has 8 nitrogen and oxygen atoms in total. The molecule has 152 valence electrons. The number of furan rings is 1. The average molecular weight is 407 g/mol. The summed E-state index contributed by atoms with van der Waals surface area (Å²) in [5, 5.41) is 0.658. The molecule has 1 aliphatic rings. The molecule has 0 radical (unpaired) electrons. The Labute approximate surface area is 169 Å². The minimum atomic E-state index is -0.119. The first-order valence-electron chi connectivity index (χ1n) is 9.27. The van der Waals surface area contributed by atoms with Gasteiger partial charge in [-0.15, -0.1) is 0 Å². The van der Waals surface area contributed by atoms with Gasteiger partial charge in [0.05, 0.1) is 31.3 Å². The first kappa shape index (κ1) is 20.6. The summed E-state index contributed by atoms with van der Waals surface area (Å²) in [4.78, 5) is 25.2. The molecule has 28 heavy (non-hydrogen) atoms. The normalized spacial score (nSPS) is 14.3. The van der Waals surface area contributed by atoms with E-state index in [1.165, 1.54) is 11.8 Å². The monoisotopic (exact) mass is 406 g/mol. The average Bonchev–Trinajstić information content (AvgIpc) is 3.21. The number of carbonyl (C=O) groups excluding carboxylic acids is 1. The van der Waals surface area contributed by atoms with E-state index in [1.807, 2.05) is 19.1 Å². The molecule has 0 spiro atoms. The lowest BCUT2D eigenvalue weighted by molar-refractivity contribution is 0.0769. The van der Waals surface area contributed by atoms with Gasteiger partial charge in [0.2, 0.25) is 0 Å². The molecule has 0 N–H and O–H groups in total. The lowest BCUT2D eigenvalue weighted by Gasteiger charge is -2.28. The van der Waals surface area contributed by atoms with E-state index in [0.29, 0.717) is 48.8 Å². The third kappa shape index (κ3) is 5.24. The molecule has 3 heterocycles. The summed E-state index contributed by atoms with van der Waals surface area (Å²) < 4.78 is 16.4.